The van der Waals surface area contributed by atoms with Gasteiger partial charge >= 0.3 is 5.97 Å². The second-order valence-corrected chi connectivity index (χ2v) is 7.10. The molecule has 0 radical (unpaired) electrons. The third-order valence-corrected chi connectivity index (χ3v) is 5.33. The summed E-state index contributed by atoms with van der Waals surface area (Å²) in [6.07, 6.45) is 0. The molecule has 0 fully saturated rings. The third-order valence-electron chi connectivity index (χ3n) is 4.80. The zero-order chi connectivity index (χ0) is 19.0. The molecule has 5 nitrogen and oxygen atoms in total. The van der Waals surface area contributed by atoms with Crippen molar-refractivity contribution in [3.05, 3.63) is 51.5 Å². The van der Waals surface area contributed by atoms with Crippen molar-refractivity contribution in [2.75, 3.05) is 19.5 Å². The summed E-state index contributed by atoms with van der Waals surface area (Å²) >= 11 is 12.6. The number of fused-ring (bicyclic) bond motifs is 1. The Bertz CT molecular complexity index is 856. The predicted molar refractivity (Wildman–Crippen MR) is 102 cm³/mol. The molecule has 2 aromatic carbocycles. The van der Waals surface area contributed by atoms with Crippen molar-refractivity contribution < 1.29 is 19.4 Å². The lowest BCUT2D eigenvalue weighted by atomic mass is 9.74. The number of aliphatic carboxylic acids is 1. The van der Waals surface area contributed by atoms with Gasteiger partial charge in [0.25, 0.3) is 0 Å². The summed E-state index contributed by atoms with van der Waals surface area (Å²) in [6.45, 7) is 1.89. The minimum absolute atomic E-state index is 0.239. The van der Waals surface area contributed by atoms with E-state index in [1.165, 1.54) is 0 Å². The quantitative estimate of drug-likeness (QED) is 0.787. The molecule has 2 N–H and O–H groups in total. The van der Waals surface area contributed by atoms with Gasteiger partial charge in [0, 0.05) is 27.2 Å². The van der Waals surface area contributed by atoms with Crippen molar-refractivity contribution in [1.82, 2.24) is 0 Å². The summed E-state index contributed by atoms with van der Waals surface area (Å²) in [5.74, 6) is -0.234. The number of carboxylic acid groups (broad SMARTS) is 1. The van der Waals surface area contributed by atoms with Crippen molar-refractivity contribution in [3.8, 4) is 11.5 Å². The van der Waals surface area contributed by atoms with E-state index in [1.807, 2.05) is 25.1 Å². The number of hydrogen-bond acceptors (Lipinski definition) is 4. The van der Waals surface area contributed by atoms with E-state index in [0.717, 1.165) is 11.1 Å². The molecule has 0 aromatic heterocycles. The monoisotopic (exact) mass is 395 g/mol. The number of methoxy groups -OCH3 is 2. The van der Waals surface area contributed by atoms with Gasteiger partial charge in [0.1, 0.15) is 6.04 Å². The number of nitrogens with one attached hydrogen (secondary N) is 1. The van der Waals surface area contributed by atoms with E-state index >= 15 is 0 Å². The number of carbonyl (C=O) groups is 1. The van der Waals surface area contributed by atoms with Crippen LogP contribution in [0.4, 0.5) is 5.69 Å². The first-order chi connectivity index (χ1) is 12.4. The standard InChI is InChI=1S/C19H19Cl2NO4/c1-9-16(10-4-5-14(25-2)15(6-10)26-3)17-12(21)7-11(20)8-13(17)22-18(9)19(23)24/h4-9,16,18,22H,1-3H3,(H,23,24). The average molecular weight is 396 g/mol. The largest absolute Gasteiger partial charge is 0.493 e. The molecule has 3 unspecified atom stereocenters. The van der Waals surface area contributed by atoms with Crippen LogP contribution in [-0.2, 0) is 4.79 Å². The van der Waals surface area contributed by atoms with Gasteiger partial charge < -0.3 is 19.9 Å². The number of rotatable bonds is 4. The Hall–Kier alpha value is -2.11. The highest BCUT2D eigenvalue weighted by molar-refractivity contribution is 6.35. The molecule has 0 amide bonds. The van der Waals surface area contributed by atoms with Gasteiger partial charge in [-0.15, -0.1) is 0 Å². The molecule has 1 aliphatic heterocycles. The highest BCUT2D eigenvalue weighted by Crippen LogP contribution is 2.48. The van der Waals surface area contributed by atoms with Crippen LogP contribution in [-0.4, -0.2) is 31.3 Å². The molecule has 26 heavy (non-hydrogen) atoms. The van der Waals surface area contributed by atoms with Gasteiger partial charge in [-0.2, -0.15) is 0 Å². The van der Waals surface area contributed by atoms with Crippen LogP contribution < -0.4 is 14.8 Å². The molecule has 0 aliphatic carbocycles. The minimum atomic E-state index is -0.926. The number of ether oxygens (including phenoxy) is 2. The van der Waals surface area contributed by atoms with Gasteiger partial charge in [0.15, 0.2) is 11.5 Å². The highest BCUT2D eigenvalue weighted by Gasteiger charge is 2.40. The van der Waals surface area contributed by atoms with Gasteiger partial charge in [-0.05, 0) is 35.7 Å². The molecule has 1 heterocycles. The number of carboxylic acids is 1. The van der Waals surface area contributed by atoms with E-state index in [1.54, 1.807) is 26.4 Å². The number of benzene rings is 2. The second-order valence-electron chi connectivity index (χ2n) is 6.26. The second kappa shape index (κ2) is 7.25. The van der Waals surface area contributed by atoms with E-state index < -0.39 is 12.0 Å². The Balaban J connectivity index is 2.20. The fourth-order valence-electron chi connectivity index (χ4n) is 3.58. The minimum Gasteiger partial charge on any atom is -0.493 e. The molecule has 0 saturated carbocycles. The van der Waals surface area contributed by atoms with Crippen LogP contribution in [0.1, 0.15) is 24.0 Å². The van der Waals surface area contributed by atoms with Crippen molar-refractivity contribution in [3.63, 3.8) is 0 Å². The normalized spacial score (nSPS) is 21.5. The summed E-state index contributed by atoms with van der Waals surface area (Å²) in [6, 6.07) is 8.18. The van der Waals surface area contributed by atoms with Gasteiger partial charge in [-0.3, -0.25) is 0 Å². The Morgan fingerprint density at radius 1 is 1.12 bits per heavy atom. The van der Waals surface area contributed by atoms with Crippen molar-refractivity contribution in [1.29, 1.82) is 0 Å². The van der Waals surface area contributed by atoms with E-state index in [0.29, 0.717) is 27.2 Å². The predicted octanol–water partition coefficient (Wildman–Crippen LogP) is 4.66. The molecule has 0 saturated heterocycles. The number of anilines is 1. The maximum atomic E-state index is 11.8. The Kier molecular flexibility index (Phi) is 5.21. The van der Waals surface area contributed by atoms with Gasteiger partial charge in [0.2, 0.25) is 0 Å². The molecule has 0 spiro atoms. The maximum absolute atomic E-state index is 11.8. The number of halogens is 2. The van der Waals surface area contributed by atoms with Crippen LogP contribution >= 0.6 is 23.2 Å². The van der Waals surface area contributed by atoms with Crippen LogP contribution in [0.25, 0.3) is 0 Å². The summed E-state index contributed by atoms with van der Waals surface area (Å²) < 4.78 is 10.7. The van der Waals surface area contributed by atoms with Crippen LogP contribution in [0.2, 0.25) is 10.0 Å². The zero-order valence-corrected chi connectivity index (χ0v) is 16.1. The number of hydrogen-bond donors (Lipinski definition) is 2. The average Bonchev–Trinajstić information content (AvgIpc) is 2.60. The molecule has 2 aromatic rings. The summed E-state index contributed by atoms with van der Waals surface area (Å²) in [5, 5.41) is 13.6. The topological polar surface area (TPSA) is 67.8 Å². The van der Waals surface area contributed by atoms with Crippen LogP contribution in [0.3, 0.4) is 0 Å². The molecular weight excluding hydrogens is 377 g/mol. The lowest BCUT2D eigenvalue weighted by Gasteiger charge is -2.38. The first-order valence-electron chi connectivity index (χ1n) is 8.07. The van der Waals surface area contributed by atoms with E-state index in [9.17, 15) is 9.90 Å². The molecule has 0 bridgehead atoms. The Morgan fingerprint density at radius 2 is 1.81 bits per heavy atom. The zero-order valence-electron chi connectivity index (χ0n) is 14.5. The Labute approximate surface area is 161 Å². The van der Waals surface area contributed by atoms with Gasteiger partial charge in [-0.25, -0.2) is 4.79 Å². The molecule has 138 valence electrons. The van der Waals surface area contributed by atoms with Crippen LogP contribution in [0, 0.1) is 5.92 Å². The van der Waals surface area contributed by atoms with Gasteiger partial charge in [-0.1, -0.05) is 36.2 Å². The fraction of sp³-hybridized carbons (Fsp3) is 0.316. The molecular formula is C19H19Cl2NO4. The summed E-state index contributed by atoms with van der Waals surface area (Å²) in [5.41, 5.74) is 2.36. The summed E-state index contributed by atoms with van der Waals surface area (Å²) in [7, 11) is 3.13. The molecule has 7 heteroatoms. The Morgan fingerprint density at radius 3 is 2.42 bits per heavy atom. The van der Waals surface area contributed by atoms with E-state index in [2.05, 4.69) is 5.32 Å². The van der Waals surface area contributed by atoms with Crippen LogP contribution in [0.5, 0.6) is 11.5 Å². The smallest absolute Gasteiger partial charge is 0.326 e. The third kappa shape index (κ3) is 3.17. The van der Waals surface area contributed by atoms with E-state index in [4.69, 9.17) is 32.7 Å². The highest BCUT2D eigenvalue weighted by atomic mass is 35.5. The van der Waals surface area contributed by atoms with E-state index in [-0.39, 0.29) is 11.8 Å². The van der Waals surface area contributed by atoms with Crippen molar-refractivity contribution in [2.24, 2.45) is 5.92 Å². The first kappa shape index (κ1) is 18.7. The van der Waals surface area contributed by atoms with Crippen molar-refractivity contribution in [2.45, 2.75) is 18.9 Å². The molecule has 3 atom stereocenters. The fourth-order valence-corrected chi connectivity index (χ4v) is 4.19. The van der Waals surface area contributed by atoms with Crippen LogP contribution in [0.15, 0.2) is 30.3 Å². The molecule has 1 aliphatic rings. The first-order valence-corrected chi connectivity index (χ1v) is 8.83. The summed E-state index contributed by atoms with van der Waals surface area (Å²) in [4.78, 5) is 11.8. The van der Waals surface area contributed by atoms with Crippen molar-refractivity contribution >= 4 is 34.9 Å². The SMILES string of the molecule is COc1ccc(C2c3c(Cl)cc(Cl)cc3NC(C(=O)O)C2C)cc1OC. The lowest BCUT2D eigenvalue weighted by Crippen LogP contribution is -2.42. The van der Waals surface area contributed by atoms with Gasteiger partial charge in [0.05, 0.1) is 14.2 Å². The molecule has 3 rings (SSSR count). The maximum Gasteiger partial charge on any atom is 0.326 e. The lowest BCUT2D eigenvalue weighted by molar-refractivity contribution is -0.139.